The van der Waals surface area contributed by atoms with E-state index in [1.54, 1.807) is 30.3 Å². The molecule has 0 aliphatic carbocycles. The van der Waals surface area contributed by atoms with Crippen molar-refractivity contribution >= 4 is 16.7 Å². The lowest BCUT2D eigenvalue weighted by Gasteiger charge is -2.16. The Morgan fingerprint density at radius 1 is 0.800 bits per heavy atom. The predicted molar refractivity (Wildman–Crippen MR) is 97.7 cm³/mol. The van der Waals surface area contributed by atoms with Gasteiger partial charge in [0, 0.05) is 16.8 Å². The fourth-order valence-corrected chi connectivity index (χ4v) is 2.66. The first-order chi connectivity index (χ1) is 12.2. The van der Waals surface area contributed by atoms with Crippen molar-refractivity contribution in [2.24, 2.45) is 0 Å². The van der Waals surface area contributed by atoms with E-state index in [9.17, 15) is 4.79 Å². The average Bonchev–Trinajstić information content (AvgIpc) is 2.65. The van der Waals surface area contributed by atoms with Crippen LogP contribution in [0.5, 0.6) is 17.2 Å². The molecule has 25 heavy (non-hydrogen) atoms. The summed E-state index contributed by atoms with van der Waals surface area (Å²) in [5.41, 5.74) is 0.499. The first kappa shape index (κ1) is 16.8. The van der Waals surface area contributed by atoms with Gasteiger partial charge < -0.3 is 14.2 Å². The maximum Gasteiger partial charge on any atom is 0.343 e. The van der Waals surface area contributed by atoms with Gasteiger partial charge in [-0.25, -0.2) is 4.79 Å². The van der Waals surface area contributed by atoms with Crippen LogP contribution in [0.25, 0.3) is 10.8 Å². The molecule has 4 nitrogen and oxygen atoms in total. The van der Waals surface area contributed by atoms with Crippen molar-refractivity contribution in [3.63, 3.8) is 0 Å². The second kappa shape index (κ2) is 7.71. The molecule has 0 aliphatic heterocycles. The number of hydrogen-bond donors (Lipinski definition) is 0. The number of carbonyl (C=O) groups is 1. The Labute approximate surface area is 146 Å². The second-order valence-corrected chi connectivity index (χ2v) is 5.37. The lowest BCUT2D eigenvalue weighted by molar-refractivity contribution is 0.0736. The number of carbonyl (C=O) groups excluding carboxylic acids is 1. The Kier molecular flexibility index (Phi) is 5.19. The van der Waals surface area contributed by atoms with E-state index in [-0.39, 0.29) is 0 Å². The zero-order valence-corrected chi connectivity index (χ0v) is 14.3. The number of ether oxygens (including phenoxy) is 3. The molecule has 128 valence electrons. The van der Waals surface area contributed by atoms with Gasteiger partial charge in [0.15, 0.2) is 11.5 Å². The highest BCUT2D eigenvalue weighted by Crippen LogP contribution is 2.41. The maximum atomic E-state index is 12.4. The van der Waals surface area contributed by atoms with Crippen LogP contribution in [0.4, 0.5) is 0 Å². The van der Waals surface area contributed by atoms with E-state index in [0.29, 0.717) is 36.0 Å². The van der Waals surface area contributed by atoms with Gasteiger partial charge in [-0.1, -0.05) is 42.5 Å². The van der Waals surface area contributed by atoms with Gasteiger partial charge in [-0.3, -0.25) is 0 Å². The predicted octanol–water partition coefficient (Wildman–Crippen LogP) is 4.86. The van der Waals surface area contributed by atoms with Crippen LogP contribution in [0.3, 0.4) is 0 Å². The monoisotopic (exact) mass is 336 g/mol. The van der Waals surface area contributed by atoms with Crippen molar-refractivity contribution in [3.05, 3.63) is 66.2 Å². The summed E-state index contributed by atoms with van der Waals surface area (Å²) in [5, 5.41) is 1.66. The zero-order chi connectivity index (χ0) is 17.6. The van der Waals surface area contributed by atoms with E-state index >= 15 is 0 Å². The Morgan fingerprint density at radius 2 is 1.44 bits per heavy atom. The molecule has 0 aliphatic rings. The van der Waals surface area contributed by atoms with Crippen molar-refractivity contribution in [2.45, 2.75) is 13.8 Å². The zero-order valence-electron chi connectivity index (χ0n) is 14.3. The molecule has 0 saturated heterocycles. The van der Waals surface area contributed by atoms with Gasteiger partial charge in [-0.2, -0.15) is 0 Å². The van der Waals surface area contributed by atoms with Crippen molar-refractivity contribution in [1.29, 1.82) is 0 Å². The fourth-order valence-electron chi connectivity index (χ4n) is 2.66. The molecule has 3 aromatic rings. The molecular weight excluding hydrogens is 316 g/mol. The lowest BCUT2D eigenvalue weighted by Crippen LogP contribution is -2.09. The van der Waals surface area contributed by atoms with Crippen molar-refractivity contribution < 1.29 is 19.0 Å². The number of hydrogen-bond acceptors (Lipinski definition) is 4. The van der Waals surface area contributed by atoms with Gasteiger partial charge in [0.1, 0.15) is 5.75 Å². The molecule has 0 amide bonds. The largest absolute Gasteiger partial charge is 0.490 e. The minimum absolute atomic E-state index is 0.405. The molecule has 0 fully saturated rings. The average molecular weight is 336 g/mol. The highest BCUT2D eigenvalue weighted by molar-refractivity contribution is 5.99. The van der Waals surface area contributed by atoms with Crippen molar-refractivity contribution in [2.75, 3.05) is 13.2 Å². The number of rotatable bonds is 6. The van der Waals surface area contributed by atoms with Crippen molar-refractivity contribution in [3.8, 4) is 17.2 Å². The summed E-state index contributed by atoms with van der Waals surface area (Å²) in [6, 6.07) is 18.3. The maximum absolute atomic E-state index is 12.4. The van der Waals surface area contributed by atoms with Gasteiger partial charge in [0.2, 0.25) is 0 Å². The molecule has 0 bridgehead atoms. The van der Waals surface area contributed by atoms with Crippen LogP contribution < -0.4 is 14.2 Å². The summed E-state index contributed by atoms with van der Waals surface area (Å²) in [6.07, 6.45) is 0. The van der Waals surface area contributed by atoms with Crippen LogP contribution in [0.2, 0.25) is 0 Å². The Morgan fingerprint density at radius 3 is 2.12 bits per heavy atom. The SMILES string of the molecule is CCOc1cc(OC(=O)c2ccccc2)c2ccccc2c1OCC. The number of fused-ring (bicyclic) bond motifs is 1. The number of esters is 1. The lowest BCUT2D eigenvalue weighted by atomic mass is 10.1. The molecule has 3 rings (SSSR count). The highest BCUT2D eigenvalue weighted by Gasteiger charge is 2.17. The Balaban J connectivity index is 2.08. The summed E-state index contributed by atoms with van der Waals surface area (Å²) >= 11 is 0. The first-order valence-corrected chi connectivity index (χ1v) is 8.33. The Hall–Kier alpha value is -3.01. The minimum Gasteiger partial charge on any atom is -0.490 e. The van der Waals surface area contributed by atoms with Gasteiger partial charge in [-0.05, 0) is 26.0 Å². The van der Waals surface area contributed by atoms with Gasteiger partial charge in [0.25, 0.3) is 0 Å². The molecule has 0 atom stereocenters. The molecule has 0 N–H and O–H groups in total. The van der Waals surface area contributed by atoms with E-state index in [0.717, 1.165) is 10.8 Å². The first-order valence-electron chi connectivity index (χ1n) is 8.33. The molecule has 0 heterocycles. The quantitative estimate of drug-likeness (QED) is 0.476. The van der Waals surface area contributed by atoms with Crippen molar-refractivity contribution in [1.82, 2.24) is 0 Å². The van der Waals surface area contributed by atoms with E-state index < -0.39 is 5.97 Å². The highest BCUT2D eigenvalue weighted by atomic mass is 16.5. The van der Waals surface area contributed by atoms with E-state index in [4.69, 9.17) is 14.2 Å². The molecule has 0 unspecified atom stereocenters. The van der Waals surface area contributed by atoms with Crippen LogP contribution in [0, 0.1) is 0 Å². The second-order valence-electron chi connectivity index (χ2n) is 5.37. The smallest absolute Gasteiger partial charge is 0.343 e. The third kappa shape index (κ3) is 3.58. The third-order valence-electron chi connectivity index (χ3n) is 3.72. The third-order valence-corrected chi connectivity index (χ3v) is 3.72. The van der Waals surface area contributed by atoms with Crippen LogP contribution in [0.1, 0.15) is 24.2 Å². The molecule has 0 spiro atoms. The molecular formula is C21H20O4. The van der Waals surface area contributed by atoms with Gasteiger partial charge in [-0.15, -0.1) is 0 Å². The normalized spacial score (nSPS) is 10.5. The molecule has 3 aromatic carbocycles. The molecule has 0 radical (unpaired) electrons. The standard InChI is InChI=1S/C21H20O4/c1-3-23-19-14-18(25-21(22)15-10-6-5-7-11-15)16-12-8-9-13-17(16)20(19)24-4-2/h5-14H,3-4H2,1-2H3. The fraction of sp³-hybridized carbons (Fsp3) is 0.190. The summed E-state index contributed by atoms with van der Waals surface area (Å²) in [4.78, 5) is 12.4. The molecule has 0 saturated carbocycles. The number of benzene rings is 3. The minimum atomic E-state index is -0.405. The van der Waals surface area contributed by atoms with Crippen LogP contribution >= 0.6 is 0 Å². The summed E-state index contributed by atoms with van der Waals surface area (Å²) < 4.78 is 17.2. The summed E-state index contributed by atoms with van der Waals surface area (Å²) in [7, 11) is 0. The summed E-state index contributed by atoms with van der Waals surface area (Å²) in [6.45, 7) is 4.84. The van der Waals surface area contributed by atoms with E-state index in [1.807, 2.05) is 44.2 Å². The Bertz CT molecular complexity index is 872. The molecule has 0 aromatic heterocycles. The van der Waals surface area contributed by atoms with Gasteiger partial charge in [0.05, 0.1) is 18.8 Å². The molecule has 4 heteroatoms. The van der Waals surface area contributed by atoms with Crippen LogP contribution in [-0.4, -0.2) is 19.2 Å². The van der Waals surface area contributed by atoms with Crippen LogP contribution in [0.15, 0.2) is 60.7 Å². The van der Waals surface area contributed by atoms with Crippen LogP contribution in [-0.2, 0) is 0 Å². The van der Waals surface area contributed by atoms with E-state index in [2.05, 4.69) is 0 Å². The van der Waals surface area contributed by atoms with Gasteiger partial charge >= 0.3 is 5.97 Å². The summed E-state index contributed by atoms with van der Waals surface area (Å²) in [5.74, 6) is 1.28. The topological polar surface area (TPSA) is 44.8 Å². The van der Waals surface area contributed by atoms with E-state index in [1.165, 1.54) is 0 Å².